The van der Waals surface area contributed by atoms with Gasteiger partial charge in [-0.3, -0.25) is 9.58 Å². The summed E-state index contributed by atoms with van der Waals surface area (Å²) < 4.78 is 1.80. The number of piperazine rings is 1. The summed E-state index contributed by atoms with van der Waals surface area (Å²) in [5.74, 6) is 1.03. The average Bonchev–Trinajstić information content (AvgIpc) is 2.87. The molecule has 1 saturated heterocycles. The van der Waals surface area contributed by atoms with Gasteiger partial charge in [0.25, 0.3) is 0 Å². The molecule has 20 heavy (non-hydrogen) atoms. The molecule has 0 radical (unpaired) electrons. The molecule has 0 bridgehead atoms. The summed E-state index contributed by atoms with van der Waals surface area (Å²) in [4.78, 5) is 13.7. The molecule has 108 valence electrons. The van der Waals surface area contributed by atoms with Crippen molar-refractivity contribution in [3.63, 3.8) is 0 Å². The van der Waals surface area contributed by atoms with E-state index in [4.69, 9.17) is 0 Å². The summed E-state index contributed by atoms with van der Waals surface area (Å²) in [5, 5.41) is 5.34. The second-order valence-electron chi connectivity index (χ2n) is 5.38. The molecule has 0 saturated carbocycles. The molecule has 1 fully saturated rings. The van der Waals surface area contributed by atoms with Crippen LogP contribution in [0.3, 0.4) is 0 Å². The maximum atomic E-state index is 4.47. The summed E-state index contributed by atoms with van der Waals surface area (Å²) >= 11 is 0. The zero-order valence-corrected chi connectivity index (χ0v) is 12.3. The van der Waals surface area contributed by atoms with Gasteiger partial charge in [0.2, 0.25) is 0 Å². The van der Waals surface area contributed by atoms with Crippen LogP contribution in [-0.4, -0.2) is 57.4 Å². The second kappa shape index (κ2) is 5.75. The lowest BCUT2D eigenvalue weighted by Crippen LogP contribution is -2.47. The summed E-state index contributed by atoms with van der Waals surface area (Å²) in [5.41, 5.74) is 0.906. The van der Waals surface area contributed by atoms with Crippen LogP contribution >= 0.6 is 0 Å². The maximum Gasteiger partial charge on any atom is 0.163 e. The van der Waals surface area contributed by atoms with Crippen molar-refractivity contribution >= 4 is 16.9 Å². The first-order valence-electron chi connectivity index (χ1n) is 7.39. The van der Waals surface area contributed by atoms with E-state index in [-0.39, 0.29) is 0 Å². The number of unbranched alkanes of at least 4 members (excludes halogenated alkanes) is 1. The molecule has 3 rings (SSSR count). The van der Waals surface area contributed by atoms with Crippen molar-refractivity contribution in [1.82, 2.24) is 24.6 Å². The molecular weight excluding hydrogens is 252 g/mol. The number of rotatable bonds is 4. The van der Waals surface area contributed by atoms with Crippen molar-refractivity contribution in [3.8, 4) is 0 Å². The van der Waals surface area contributed by atoms with E-state index >= 15 is 0 Å². The second-order valence-corrected chi connectivity index (χ2v) is 5.38. The number of aromatic nitrogens is 4. The van der Waals surface area contributed by atoms with E-state index in [9.17, 15) is 0 Å². The summed E-state index contributed by atoms with van der Waals surface area (Å²) in [7, 11) is 1.92. The zero-order chi connectivity index (χ0) is 13.9. The quantitative estimate of drug-likeness (QED) is 0.841. The van der Waals surface area contributed by atoms with Crippen LogP contribution in [0.5, 0.6) is 0 Å². The van der Waals surface area contributed by atoms with Gasteiger partial charge in [-0.1, -0.05) is 13.3 Å². The fourth-order valence-electron chi connectivity index (χ4n) is 2.77. The zero-order valence-electron chi connectivity index (χ0n) is 12.3. The highest BCUT2D eigenvalue weighted by Gasteiger charge is 2.20. The van der Waals surface area contributed by atoms with E-state index in [0.29, 0.717) is 0 Å². The van der Waals surface area contributed by atoms with Gasteiger partial charge in [0, 0.05) is 33.2 Å². The Morgan fingerprint density at radius 1 is 1.15 bits per heavy atom. The number of hydrogen-bond acceptors (Lipinski definition) is 5. The van der Waals surface area contributed by atoms with Crippen LogP contribution in [-0.2, 0) is 7.05 Å². The van der Waals surface area contributed by atoms with Gasteiger partial charge in [0.15, 0.2) is 5.65 Å². The predicted octanol–water partition coefficient (Wildman–Crippen LogP) is 1.29. The molecule has 2 aromatic heterocycles. The third kappa shape index (κ3) is 2.47. The van der Waals surface area contributed by atoms with E-state index in [1.54, 1.807) is 11.0 Å². The van der Waals surface area contributed by atoms with Gasteiger partial charge in [-0.15, -0.1) is 0 Å². The van der Waals surface area contributed by atoms with Crippen LogP contribution in [0.1, 0.15) is 19.8 Å². The summed E-state index contributed by atoms with van der Waals surface area (Å²) in [6.07, 6.45) is 6.07. The van der Waals surface area contributed by atoms with Gasteiger partial charge >= 0.3 is 0 Å². The van der Waals surface area contributed by atoms with E-state index in [2.05, 4.69) is 31.8 Å². The van der Waals surface area contributed by atoms with Gasteiger partial charge in [-0.25, -0.2) is 9.97 Å². The molecule has 1 aliphatic rings. The normalized spacial score (nSPS) is 17.0. The molecule has 3 heterocycles. The van der Waals surface area contributed by atoms with Crippen molar-refractivity contribution in [2.24, 2.45) is 7.05 Å². The average molecular weight is 274 g/mol. The van der Waals surface area contributed by atoms with Crippen LogP contribution in [0.15, 0.2) is 12.5 Å². The van der Waals surface area contributed by atoms with E-state index < -0.39 is 0 Å². The van der Waals surface area contributed by atoms with Gasteiger partial charge in [0.05, 0.1) is 11.6 Å². The molecule has 6 heteroatoms. The first-order valence-corrected chi connectivity index (χ1v) is 7.39. The molecule has 0 aliphatic carbocycles. The Labute approximate surface area is 119 Å². The van der Waals surface area contributed by atoms with E-state index in [0.717, 1.165) is 43.0 Å². The minimum Gasteiger partial charge on any atom is -0.353 e. The first-order chi connectivity index (χ1) is 9.79. The molecule has 1 aliphatic heterocycles. The fourth-order valence-corrected chi connectivity index (χ4v) is 2.77. The van der Waals surface area contributed by atoms with Gasteiger partial charge in [0.1, 0.15) is 12.1 Å². The van der Waals surface area contributed by atoms with E-state index in [1.165, 1.54) is 19.4 Å². The van der Waals surface area contributed by atoms with Crippen molar-refractivity contribution in [1.29, 1.82) is 0 Å². The molecule has 0 aromatic carbocycles. The lowest BCUT2D eigenvalue weighted by Gasteiger charge is -2.35. The smallest absolute Gasteiger partial charge is 0.163 e. The number of nitrogens with zero attached hydrogens (tertiary/aromatic N) is 6. The Hall–Kier alpha value is -1.69. The highest BCUT2D eigenvalue weighted by molar-refractivity contribution is 5.86. The molecule has 0 spiro atoms. The monoisotopic (exact) mass is 274 g/mol. The molecule has 2 aromatic rings. The Balaban J connectivity index is 1.73. The van der Waals surface area contributed by atoms with Crippen LogP contribution < -0.4 is 4.90 Å². The summed E-state index contributed by atoms with van der Waals surface area (Å²) in [6.45, 7) is 7.76. The van der Waals surface area contributed by atoms with Gasteiger partial charge < -0.3 is 4.90 Å². The molecule has 0 amide bonds. The minimum atomic E-state index is 0.906. The minimum absolute atomic E-state index is 0.906. The van der Waals surface area contributed by atoms with Crippen LogP contribution in [0, 0.1) is 0 Å². The Morgan fingerprint density at radius 2 is 1.95 bits per heavy atom. The van der Waals surface area contributed by atoms with Crippen molar-refractivity contribution in [2.75, 3.05) is 37.6 Å². The number of anilines is 1. The SMILES string of the molecule is CCCCN1CCN(c2ncnc3c2cnn3C)CC1. The largest absolute Gasteiger partial charge is 0.353 e. The highest BCUT2D eigenvalue weighted by Crippen LogP contribution is 2.23. The molecule has 0 N–H and O–H groups in total. The topological polar surface area (TPSA) is 50.1 Å². The lowest BCUT2D eigenvalue weighted by atomic mass is 10.2. The fraction of sp³-hybridized carbons (Fsp3) is 0.643. The third-order valence-corrected chi connectivity index (χ3v) is 4.01. The van der Waals surface area contributed by atoms with Gasteiger partial charge in [-0.05, 0) is 13.0 Å². The van der Waals surface area contributed by atoms with Crippen molar-refractivity contribution in [3.05, 3.63) is 12.5 Å². The molecule has 0 atom stereocenters. The number of hydrogen-bond donors (Lipinski definition) is 0. The molecule has 6 nitrogen and oxygen atoms in total. The lowest BCUT2D eigenvalue weighted by molar-refractivity contribution is 0.254. The van der Waals surface area contributed by atoms with Crippen molar-refractivity contribution in [2.45, 2.75) is 19.8 Å². The van der Waals surface area contributed by atoms with Crippen molar-refractivity contribution < 1.29 is 0 Å². The Morgan fingerprint density at radius 3 is 2.70 bits per heavy atom. The standard InChI is InChI=1S/C14H22N6/c1-3-4-5-19-6-8-20(9-7-19)14-12-10-17-18(2)13(12)15-11-16-14/h10-11H,3-9H2,1-2H3. The van der Waals surface area contributed by atoms with Crippen LogP contribution in [0.2, 0.25) is 0 Å². The first kappa shape index (κ1) is 13.3. The Kier molecular flexibility index (Phi) is 3.82. The molecule has 0 unspecified atom stereocenters. The van der Waals surface area contributed by atoms with Crippen LogP contribution in [0.4, 0.5) is 5.82 Å². The maximum absolute atomic E-state index is 4.47. The Bertz CT molecular complexity index is 570. The molecular formula is C14H22N6. The van der Waals surface area contributed by atoms with Gasteiger partial charge in [-0.2, -0.15) is 5.10 Å². The van der Waals surface area contributed by atoms with Crippen LogP contribution in [0.25, 0.3) is 11.0 Å². The number of fused-ring (bicyclic) bond motifs is 1. The third-order valence-electron chi connectivity index (χ3n) is 4.01. The summed E-state index contributed by atoms with van der Waals surface area (Å²) in [6, 6.07) is 0. The highest BCUT2D eigenvalue weighted by atomic mass is 15.3. The van der Waals surface area contributed by atoms with E-state index in [1.807, 2.05) is 13.2 Å². The predicted molar refractivity (Wildman–Crippen MR) is 79.9 cm³/mol. The number of aryl methyl sites for hydroxylation is 1.